The summed E-state index contributed by atoms with van der Waals surface area (Å²) in [5.41, 5.74) is -0.385. The Morgan fingerprint density at radius 1 is 1.58 bits per heavy atom. The SMILES string of the molecule is FC(F)c1nc(Br)c(I)cc1Cl. The number of halogens is 5. The first-order valence-electron chi connectivity index (χ1n) is 2.82. The van der Waals surface area contributed by atoms with Crippen LogP contribution in [0.4, 0.5) is 8.78 Å². The van der Waals surface area contributed by atoms with Crippen molar-refractivity contribution in [1.29, 1.82) is 0 Å². The summed E-state index contributed by atoms with van der Waals surface area (Å²) in [6.45, 7) is 0. The van der Waals surface area contributed by atoms with Gasteiger partial charge in [-0.15, -0.1) is 0 Å². The Labute approximate surface area is 94.8 Å². The lowest BCUT2D eigenvalue weighted by atomic mass is 10.4. The smallest absolute Gasteiger partial charge is 0.237 e. The van der Waals surface area contributed by atoms with E-state index in [4.69, 9.17) is 11.6 Å². The van der Waals surface area contributed by atoms with Crippen LogP contribution in [0, 0.1) is 3.57 Å². The van der Waals surface area contributed by atoms with Crippen molar-refractivity contribution < 1.29 is 8.78 Å². The quantitative estimate of drug-likeness (QED) is 0.539. The maximum absolute atomic E-state index is 12.2. The van der Waals surface area contributed by atoms with Crippen LogP contribution < -0.4 is 0 Å². The summed E-state index contributed by atoms with van der Waals surface area (Å²) in [6.07, 6.45) is -2.63. The van der Waals surface area contributed by atoms with E-state index in [0.29, 0.717) is 8.17 Å². The molecular formula is C6H2BrClF2IN. The highest BCUT2D eigenvalue weighted by Gasteiger charge is 2.15. The van der Waals surface area contributed by atoms with Crippen LogP contribution in [0.2, 0.25) is 5.02 Å². The molecule has 1 aromatic heterocycles. The van der Waals surface area contributed by atoms with Crippen LogP contribution in [0.3, 0.4) is 0 Å². The van der Waals surface area contributed by atoms with Gasteiger partial charge < -0.3 is 0 Å². The molecule has 0 N–H and O–H groups in total. The predicted octanol–water partition coefficient (Wildman–Crippen LogP) is 4.04. The van der Waals surface area contributed by atoms with Gasteiger partial charge in [0.15, 0.2) is 0 Å². The number of aromatic nitrogens is 1. The summed E-state index contributed by atoms with van der Waals surface area (Å²) in [7, 11) is 0. The molecule has 66 valence electrons. The van der Waals surface area contributed by atoms with E-state index in [9.17, 15) is 8.78 Å². The molecule has 0 unspecified atom stereocenters. The van der Waals surface area contributed by atoms with Crippen molar-refractivity contribution in [2.24, 2.45) is 0 Å². The van der Waals surface area contributed by atoms with Gasteiger partial charge in [-0.25, -0.2) is 13.8 Å². The third-order valence-corrected chi connectivity index (χ3v) is 3.59. The predicted molar refractivity (Wildman–Crippen MR) is 54.6 cm³/mol. The average Bonchev–Trinajstić information content (AvgIpc) is 1.96. The molecule has 0 amide bonds. The monoisotopic (exact) mass is 367 g/mol. The molecule has 0 spiro atoms. The van der Waals surface area contributed by atoms with E-state index in [1.54, 1.807) is 0 Å². The van der Waals surface area contributed by atoms with Crippen LogP contribution in [-0.2, 0) is 0 Å². The van der Waals surface area contributed by atoms with Gasteiger partial charge in [0.25, 0.3) is 6.43 Å². The summed E-state index contributed by atoms with van der Waals surface area (Å²) >= 11 is 10.5. The van der Waals surface area contributed by atoms with E-state index in [0.717, 1.165) is 0 Å². The first-order valence-corrected chi connectivity index (χ1v) is 5.07. The lowest BCUT2D eigenvalue weighted by Crippen LogP contribution is -1.93. The van der Waals surface area contributed by atoms with Crippen molar-refractivity contribution >= 4 is 50.1 Å². The van der Waals surface area contributed by atoms with Crippen LogP contribution in [-0.4, -0.2) is 4.98 Å². The summed E-state index contributed by atoms with van der Waals surface area (Å²) < 4.78 is 25.4. The summed E-state index contributed by atoms with van der Waals surface area (Å²) in [6, 6.07) is 1.45. The number of hydrogen-bond donors (Lipinski definition) is 0. The van der Waals surface area contributed by atoms with Gasteiger partial charge in [-0.1, -0.05) is 11.6 Å². The minimum atomic E-state index is -2.63. The molecule has 0 radical (unpaired) electrons. The molecular weight excluding hydrogens is 366 g/mol. The normalized spacial score (nSPS) is 10.8. The highest BCUT2D eigenvalue weighted by atomic mass is 127. The lowest BCUT2D eigenvalue weighted by Gasteiger charge is -2.03. The topological polar surface area (TPSA) is 12.9 Å². The Morgan fingerprint density at radius 3 is 2.67 bits per heavy atom. The molecule has 0 fully saturated rings. The highest BCUT2D eigenvalue weighted by molar-refractivity contribution is 14.1. The van der Waals surface area contributed by atoms with E-state index in [2.05, 4.69) is 20.9 Å². The first-order chi connectivity index (χ1) is 5.52. The second-order valence-corrected chi connectivity index (χ2v) is 4.25. The average molecular weight is 368 g/mol. The van der Waals surface area contributed by atoms with Gasteiger partial charge in [0.05, 0.1) is 5.02 Å². The van der Waals surface area contributed by atoms with Gasteiger partial charge in [-0.2, -0.15) is 0 Å². The molecule has 1 aromatic rings. The van der Waals surface area contributed by atoms with E-state index >= 15 is 0 Å². The minimum absolute atomic E-state index is 0.00222. The molecule has 6 heteroatoms. The van der Waals surface area contributed by atoms with Crippen molar-refractivity contribution in [3.63, 3.8) is 0 Å². The molecule has 0 aromatic carbocycles. The van der Waals surface area contributed by atoms with Gasteiger partial charge in [0, 0.05) is 3.57 Å². The molecule has 0 saturated carbocycles. The first kappa shape index (κ1) is 10.6. The minimum Gasteiger partial charge on any atom is -0.237 e. The summed E-state index contributed by atoms with van der Waals surface area (Å²) in [5.74, 6) is 0. The zero-order valence-corrected chi connectivity index (χ0v) is 9.99. The number of hydrogen-bond acceptors (Lipinski definition) is 1. The zero-order valence-electron chi connectivity index (χ0n) is 5.49. The standard InChI is InChI=1S/C6H2BrClF2IN/c7-5-3(11)1-2(8)4(12-5)6(9)10/h1,6H. The molecule has 1 rings (SSSR count). The Kier molecular flexibility index (Phi) is 3.66. The fourth-order valence-electron chi connectivity index (χ4n) is 0.610. The van der Waals surface area contributed by atoms with Crippen molar-refractivity contribution in [3.05, 3.63) is 25.0 Å². The van der Waals surface area contributed by atoms with E-state index < -0.39 is 6.43 Å². The zero-order chi connectivity index (χ0) is 9.30. The molecule has 0 atom stereocenters. The lowest BCUT2D eigenvalue weighted by molar-refractivity contribution is 0.146. The molecule has 1 heterocycles. The molecule has 12 heavy (non-hydrogen) atoms. The summed E-state index contributed by atoms with van der Waals surface area (Å²) in [4.78, 5) is 3.60. The van der Waals surface area contributed by atoms with Crippen LogP contribution in [0.15, 0.2) is 10.7 Å². The molecule has 0 aliphatic carbocycles. The van der Waals surface area contributed by atoms with Crippen LogP contribution in [0.1, 0.15) is 12.1 Å². The van der Waals surface area contributed by atoms with Crippen LogP contribution in [0.25, 0.3) is 0 Å². The fourth-order valence-corrected chi connectivity index (χ4v) is 1.77. The van der Waals surface area contributed by atoms with Crippen molar-refractivity contribution in [2.45, 2.75) is 6.43 Å². The molecule has 0 aliphatic heterocycles. The van der Waals surface area contributed by atoms with Gasteiger partial charge in [0.1, 0.15) is 10.3 Å². The number of alkyl halides is 2. The van der Waals surface area contributed by atoms with E-state index in [1.807, 2.05) is 22.6 Å². The van der Waals surface area contributed by atoms with Gasteiger partial charge in [0.2, 0.25) is 0 Å². The third kappa shape index (κ3) is 2.26. The number of rotatable bonds is 1. The van der Waals surface area contributed by atoms with E-state index in [-0.39, 0.29) is 10.7 Å². The van der Waals surface area contributed by atoms with Gasteiger partial charge in [-0.05, 0) is 44.6 Å². The van der Waals surface area contributed by atoms with Crippen molar-refractivity contribution in [1.82, 2.24) is 4.98 Å². The van der Waals surface area contributed by atoms with Crippen molar-refractivity contribution in [2.75, 3.05) is 0 Å². The second-order valence-electron chi connectivity index (χ2n) is 1.93. The number of pyridine rings is 1. The van der Waals surface area contributed by atoms with Crippen LogP contribution in [0.5, 0.6) is 0 Å². The molecule has 0 aliphatic rings. The molecule has 1 nitrogen and oxygen atoms in total. The van der Waals surface area contributed by atoms with Gasteiger partial charge in [-0.3, -0.25) is 0 Å². The summed E-state index contributed by atoms with van der Waals surface area (Å²) in [5, 5.41) is -0.00222. The fraction of sp³-hybridized carbons (Fsp3) is 0.167. The second kappa shape index (κ2) is 4.15. The largest absolute Gasteiger partial charge is 0.281 e. The van der Waals surface area contributed by atoms with Gasteiger partial charge >= 0.3 is 0 Å². The Morgan fingerprint density at radius 2 is 2.17 bits per heavy atom. The Hall–Kier alpha value is 0.510. The maximum Gasteiger partial charge on any atom is 0.281 e. The third-order valence-electron chi connectivity index (χ3n) is 1.12. The molecule has 0 bridgehead atoms. The van der Waals surface area contributed by atoms with Crippen molar-refractivity contribution in [3.8, 4) is 0 Å². The Balaban J connectivity index is 3.23. The number of nitrogens with zero attached hydrogens (tertiary/aromatic N) is 1. The Bertz CT molecular complexity index is 308. The van der Waals surface area contributed by atoms with Crippen LogP contribution >= 0.6 is 50.1 Å². The maximum atomic E-state index is 12.2. The highest BCUT2D eigenvalue weighted by Crippen LogP contribution is 2.29. The molecule has 0 saturated heterocycles. The van der Waals surface area contributed by atoms with E-state index in [1.165, 1.54) is 6.07 Å².